The van der Waals surface area contributed by atoms with E-state index < -0.39 is 0 Å². The molecule has 0 radical (unpaired) electrons. The van der Waals surface area contributed by atoms with Gasteiger partial charge in [0.1, 0.15) is 0 Å². The predicted octanol–water partition coefficient (Wildman–Crippen LogP) is 3.64. The predicted molar refractivity (Wildman–Crippen MR) is 59.8 cm³/mol. The second kappa shape index (κ2) is 3.27. The minimum atomic E-state index is 0.692. The molecule has 0 nitrogen and oxygen atoms in total. The number of allylic oxidation sites excluding steroid dienone is 8. The van der Waals surface area contributed by atoms with Crippen molar-refractivity contribution in [3.63, 3.8) is 0 Å². The molecule has 14 heavy (non-hydrogen) atoms. The molecule has 0 amide bonds. The number of fused-ring (bicyclic) bond motifs is 2. The second-order valence-electron chi connectivity index (χ2n) is 4.60. The van der Waals surface area contributed by atoms with Crippen molar-refractivity contribution in [1.29, 1.82) is 0 Å². The van der Waals surface area contributed by atoms with Crippen LogP contribution in [0.2, 0.25) is 0 Å². The Morgan fingerprint density at radius 3 is 3.00 bits per heavy atom. The first-order valence-electron chi connectivity index (χ1n) is 5.64. The van der Waals surface area contributed by atoms with Crippen LogP contribution in [-0.2, 0) is 0 Å². The fourth-order valence-corrected chi connectivity index (χ4v) is 2.91. The van der Waals surface area contributed by atoms with E-state index in [2.05, 4.69) is 42.5 Å². The average Bonchev–Trinajstić information content (AvgIpc) is 2.26. The second-order valence-corrected chi connectivity index (χ2v) is 4.60. The first-order chi connectivity index (χ1) is 6.93. The summed E-state index contributed by atoms with van der Waals surface area (Å²) in [4.78, 5) is 0. The largest absolute Gasteiger partial charge is 0.0876 e. The lowest BCUT2D eigenvalue weighted by atomic mass is 9.70. The molecule has 0 fully saturated rings. The third kappa shape index (κ3) is 1.30. The van der Waals surface area contributed by atoms with Gasteiger partial charge in [0.25, 0.3) is 0 Å². The Hall–Kier alpha value is -1.04. The summed E-state index contributed by atoms with van der Waals surface area (Å²) in [5.74, 6) is 2.32. The molecule has 72 valence electrons. The molecule has 3 aliphatic carbocycles. The normalized spacial score (nSPS) is 38.9. The number of hydrogen-bond acceptors (Lipinski definition) is 0. The van der Waals surface area contributed by atoms with Gasteiger partial charge in [-0.05, 0) is 31.1 Å². The summed E-state index contributed by atoms with van der Waals surface area (Å²) in [7, 11) is 0. The maximum atomic E-state index is 2.52. The third-order valence-corrected chi connectivity index (χ3v) is 3.73. The average molecular weight is 184 g/mol. The van der Waals surface area contributed by atoms with Gasteiger partial charge in [0.15, 0.2) is 0 Å². The molecule has 3 aliphatic rings. The van der Waals surface area contributed by atoms with Gasteiger partial charge in [0, 0.05) is 5.92 Å². The van der Waals surface area contributed by atoms with E-state index in [9.17, 15) is 0 Å². The highest BCUT2D eigenvalue weighted by Crippen LogP contribution is 2.41. The van der Waals surface area contributed by atoms with E-state index in [4.69, 9.17) is 0 Å². The minimum absolute atomic E-state index is 0.692. The lowest BCUT2D eigenvalue weighted by Gasteiger charge is -2.35. The maximum absolute atomic E-state index is 2.52. The van der Waals surface area contributed by atoms with Crippen molar-refractivity contribution in [2.24, 2.45) is 17.8 Å². The quantitative estimate of drug-likeness (QED) is 0.504. The van der Waals surface area contributed by atoms with Crippen LogP contribution in [-0.4, -0.2) is 0 Å². The highest BCUT2D eigenvalue weighted by Gasteiger charge is 2.28. The molecule has 0 bridgehead atoms. The van der Waals surface area contributed by atoms with Crippen LogP contribution in [0.25, 0.3) is 0 Å². The molecule has 0 aromatic heterocycles. The van der Waals surface area contributed by atoms with Gasteiger partial charge in [-0.15, -0.1) is 0 Å². The van der Waals surface area contributed by atoms with Gasteiger partial charge in [-0.2, -0.15) is 0 Å². The molecule has 0 N–H and O–H groups in total. The maximum Gasteiger partial charge on any atom is 0.00157 e. The summed E-state index contributed by atoms with van der Waals surface area (Å²) in [5, 5.41) is 0. The van der Waals surface area contributed by atoms with Gasteiger partial charge in [0.05, 0.1) is 0 Å². The van der Waals surface area contributed by atoms with Crippen LogP contribution < -0.4 is 0 Å². The lowest BCUT2D eigenvalue weighted by molar-refractivity contribution is 0.382. The molecular weight excluding hydrogens is 168 g/mol. The van der Waals surface area contributed by atoms with Gasteiger partial charge < -0.3 is 0 Å². The van der Waals surface area contributed by atoms with Crippen LogP contribution in [0.4, 0.5) is 0 Å². The molecule has 0 heterocycles. The molecule has 3 atom stereocenters. The SMILES string of the molecule is C1=CC2C=C3CC=CC[C@@H]3CC2C=C1. The molecule has 0 aliphatic heterocycles. The highest BCUT2D eigenvalue weighted by atomic mass is 14.3. The van der Waals surface area contributed by atoms with Crippen LogP contribution >= 0.6 is 0 Å². The monoisotopic (exact) mass is 184 g/mol. The highest BCUT2D eigenvalue weighted by molar-refractivity contribution is 5.28. The van der Waals surface area contributed by atoms with Crippen LogP contribution in [0.5, 0.6) is 0 Å². The minimum Gasteiger partial charge on any atom is -0.0876 e. The Labute approximate surface area is 85.7 Å². The fraction of sp³-hybridized carbons (Fsp3) is 0.429. The van der Waals surface area contributed by atoms with Gasteiger partial charge in [-0.3, -0.25) is 0 Å². The van der Waals surface area contributed by atoms with E-state index in [-0.39, 0.29) is 0 Å². The standard InChI is InChI=1S/C14H16/c1-2-6-12-10-14-8-4-3-7-13(14)9-11(12)5-1/h1-6,9,11-12,14H,7-8,10H2/t11?,12?,14-/m1/s1. The van der Waals surface area contributed by atoms with E-state index in [0.29, 0.717) is 5.92 Å². The van der Waals surface area contributed by atoms with Crippen LogP contribution in [0.15, 0.2) is 48.1 Å². The van der Waals surface area contributed by atoms with Gasteiger partial charge in [0.2, 0.25) is 0 Å². The van der Waals surface area contributed by atoms with Gasteiger partial charge >= 0.3 is 0 Å². The zero-order valence-electron chi connectivity index (χ0n) is 8.39. The van der Waals surface area contributed by atoms with Gasteiger partial charge in [-0.1, -0.05) is 48.1 Å². The molecule has 3 rings (SSSR count). The summed E-state index contributed by atoms with van der Waals surface area (Å²) >= 11 is 0. The first kappa shape index (κ1) is 8.28. The molecule has 0 aromatic carbocycles. The number of hydrogen-bond donors (Lipinski definition) is 0. The molecule has 0 saturated heterocycles. The fourth-order valence-electron chi connectivity index (χ4n) is 2.91. The Balaban J connectivity index is 1.92. The van der Waals surface area contributed by atoms with Crippen molar-refractivity contribution in [3.8, 4) is 0 Å². The van der Waals surface area contributed by atoms with E-state index >= 15 is 0 Å². The summed E-state index contributed by atoms with van der Waals surface area (Å²) in [5.41, 5.74) is 1.69. The van der Waals surface area contributed by atoms with E-state index in [0.717, 1.165) is 11.8 Å². The summed E-state index contributed by atoms with van der Waals surface area (Å²) in [6, 6.07) is 0. The zero-order valence-corrected chi connectivity index (χ0v) is 8.39. The van der Waals surface area contributed by atoms with Crippen LogP contribution in [0, 0.1) is 17.8 Å². The summed E-state index contributed by atoms with van der Waals surface area (Å²) in [6.07, 6.45) is 20.2. The van der Waals surface area contributed by atoms with Crippen LogP contribution in [0.3, 0.4) is 0 Å². The zero-order chi connectivity index (χ0) is 9.38. The Kier molecular flexibility index (Phi) is 1.93. The molecule has 0 spiro atoms. The molecule has 0 aromatic rings. The smallest absolute Gasteiger partial charge is 0.00157 e. The Morgan fingerprint density at radius 2 is 2.00 bits per heavy atom. The molecule has 0 heteroatoms. The Morgan fingerprint density at radius 1 is 1.07 bits per heavy atom. The van der Waals surface area contributed by atoms with Crippen molar-refractivity contribution in [2.45, 2.75) is 19.3 Å². The van der Waals surface area contributed by atoms with Crippen LogP contribution in [0.1, 0.15) is 19.3 Å². The lowest BCUT2D eigenvalue weighted by Crippen LogP contribution is -2.23. The van der Waals surface area contributed by atoms with Crippen molar-refractivity contribution in [1.82, 2.24) is 0 Å². The third-order valence-electron chi connectivity index (χ3n) is 3.73. The number of rotatable bonds is 0. The molecule has 2 unspecified atom stereocenters. The summed E-state index contributed by atoms with van der Waals surface area (Å²) in [6.45, 7) is 0. The topological polar surface area (TPSA) is 0 Å². The van der Waals surface area contributed by atoms with Gasteiger partial charge in [-0.25, -0.2) is 0 Å². The van der Waals surface area contributed by atoms with Crippen molar-refractivity contribution in [2.75, 3.05) is 0 Å². The Bertz CT molecular complexity index is 341. The van der Waals surface area contributed by atoms with E-state index in [1.807, 2.05) is 0 Å². The van der Waals surface area contributed by atoms with Crippen molar-refractivity contribution in [3.05, 3.63) is 48.1 Å². The summed E-state index contributed by atoms with van der Waals surface area (Å²) < 4.78 is 0. The van der Waals surface area contributed by atoms with Crippen molar-refractivity contribution < 1.29 is 0 Å². The van der Waals surface area contributed by atoms with Crippen molar-refractivity contribution >= 4 is 0 Å². The van der Waals surface area contributed by atoms with E-state index in [1.165, 1.54) is 19.3 Å². The molecular formula is C14H16. The van der Waals surface area contributed by atoms with E-state index in [1.54, 1.807) is 5.57 Å². The first-order valence-corrected chi connectivity index (χ1v) is 5.64. The molecule has 0 saturated carbocycles.